The van der Waals surface area contributed by atoms with Gasteiger partial charge in [0, 0.05) is 17.7 Å². The quantitative estimate of drug-likeness (QED) is 0.664. The van der Waals surface area contributed by atoms with Gasteiger partial charge in [-0.2, -0.15) is 0 Å². The zero-order valence-electron chi connectivity index (χ0n) is 14.9. The number of amides is 2. The fraction of sp³-hybridized carbons (Fsp3) is 0.250. The van der Waals surface area contributed by atoms with Crippen LogP contribution >= 0.6 is 0 Å². The molecule has 2 amide bonds. The molecule has 3 N–H and O–H groups in total. The van der Waals surface area contributed by atoms with Gasteiger partial charge in [0.15, 0.2) is 0 Å². The van der Waals surface area contributed by atoms with Crippen molar-refractivity contribution in [2.45, 2.75) is 25.8 Å². The van der Waals surface area contributed by atoms with Gasteiger partial charge >= 0.3 is 5.97 Å². The highest BCUT2D eigenvalue weighted by molar-refractivity contribution is 5.99. The fourth-order valence-electron chi connectivity index (χ4n) is 2.51. The molecule has 1 unspecified atom stereocenters. The van der Waals surface area contributed by atoms with Gasteiger partial charge in [-0.25, -0.2) is 4.39 Å². The van der Waals surface area contributed by atoms with Crippen LogP contribution in [0, 0.1) is 5.82 Å². The maximum atomic E-state index is 13.1. The summed E-state index contributed by atoms with van der Waals surface area (Å²) in [7, 11) is 0. The van der Waals surface area contributed by atoms with Gasteiger partial charge in [-0.1, -0.05) is 25.1 Å². The van der Waals surface area contributed by atoms with Crippen molar-refractivity contribution >= 4 is 17.8 Å². The maximum absolute atomic E-state index is 13.1. The van der Waals surface area contributed by atoms with Gasteiger partial charge in [-0.3, -0.25) is 14.4 Å². The van der Waals surface area contributed by atoms with Gasteiger partial charge in [0.25, 0.3) is 11.8 Å². The van der Waals surface area contributed by atoms with Crippen LogP contribution in [0.15, 0.2) is 48.5 Å². The molecule has 0 radical (unpaired) electrons. The molecule has 0 aliphatic carbocycles. The molecule has 1 atom stereocenters. The molecule has 27 heavy (non-hydrogen) atoms. The lowest BCUT2D eigenvalue weighted by atomic mass is 10.0. The van der Waals surface area contributed by atoms with E-state index in [1.165, 1.54) is 36.4 Å². The van der Waals surface area contributed by atoms with Crippen LogP contribution in [-0.4, -0.2) is 29.4 Å². The Bertz CT molecular complexity index is 821. The van der Waals surface area contributed by atoms with Crippen LogP contribution in [0.25, 0.3) is 0 Å². The first-order chi connectivity index (χ1) is 12.9. The molecule has 142 valence electrons. The summed E-state index contributed by atoms with van der Waals surface area (Å²) in [5, 5.41) is 14.5. The summed E-state index contributed by atoms with van der Waals surface area (Å²) in [6, 6.07) is 10.6. The number of halogens is 1. The van der Waals surface area contributed by atoms with E-state index in [1.54, 1.807) is 12.1 Å². The smallest absolute Gasteiger partial charge is 0.305 e. The van der Waals surface area contributed by atoms with Crippen LogP contribution in [0.5, 0.6) is 0 Å². The number of carbonyl (C=O) groups excluding carboxylic acids is 2. The molecule has 2 rings (SSSR count). The molecule has 0 heterocycles. The lowest BCUT2D eigenvalue weighted by molar-refractivity contribution is -0.137. The van der Waals surface area contributed by atoms with E-state index >= 15 is 0 Å². The van der Waals surface area contributed by atoms with Crippen LogP contribution in [0.1, 0.15) is 52.1 Å². The van der Waals surface area contributed by atoms with E-state index < -0.39 is 23.7 Å². The minimum atomic E-state index is -1.10. The van der Waals surface area contributed by atoms with Crippen molar-refractivity contribution in [3.05, 3.63) is 71.0 Å². The molecule has 7 heteroatoms. The SMILES string of the molecule is CCCNC(=O)c1cccc(C(=O)NC(CC(=O)O)c2ccc(F)cc2)c1. The highest BCUT2D eigenvalue weighted by Gasteiger charge is 2.19. The Kier molecular flexibility index (Phi) is 7.05. The molecule has 0 fully saturated rings. The molecular formula is C20H21FN2O4. The normalized spacial score (nSPS) is 11.5. The molecule has 0 aliphatic heterocycles. The molecule has 6 nitrogen and oxygen atoms in total. The zero-order chi connectivity index (χ0) is 19.8. The van der Waals surface area contributed by atoms with Crippen molar-refractivity contribution in [1.82, 2.24) is 10.6 Å². The molecule has 2 aromatic rings. The first kappa shape index (κ1) is 20.1. The Hall–Kier alpha value is -3.22. The first-order valence-electron chi connectivity index (χ1n) is 8.57. The number of carboxylic acid groups (broad SMARTS) is 1. The highest BCUT2D eigenvalue weighted by atomic mass is 19.1. The second-order valence-corrected chi connectivity index (χ2v) is 6.01. The molecule has 0 bridgehead atoms. The topological polar surface area (TPSA) is 95.5 Å². The van der Waals surface area contributed by atoms with Gasteiger partial charge in [-0.15, -0.1) is 0 Å². The first-order valence-corrected chi connectivity index (χ1v) is 8.57. The van der Waals surface area contributed by atoms with E-state index in [4.69, 9.17) is 5.11 Å². The number of nitrogens with one attached hydrogen (secondary N) is 2. The Morgan fingerprint density at radius 2 is 1.67 bits per heavy atom. The molecule has 0 spiro atoms. The Balaban J connectivity index is 2.18. The van der Waals surface area contributed by atoms with E-state index in [0.29, 0.717) is 17.7 Å². The van der Waals surface area contributed by atoms with Crippen molar-refractivity contribution in [3.63, 3.8) is 0 Å². The Morgan fingerprint density at radius 1 is 1.04 bits per heavy atom. The van der Waals surface area contributed by atoms with Crippen molar-refractivity contribution in [1.29, 1.82) is 0 Å². The van der Waals surface area contributed by atoms with Crippen molar-refractivity contribution in [2.75, 3.05) is 6.54 Å². The minimum absolute atomic E-state index is 0.233. The summed E-state index contributed by atoms with van der Waals surface area (Å²) in [6.07, 6.45) is 0.439. The van der Waals surface area contributed by atoms with E-state index in [2.05, 4.69) is 10.6 Å². The number of hydrogen-bond donors (Lipinski definition) is 3. The van der Waals surface area contributed by atoms with Crippen molar-refractivity contribution < 1.29 is 23.9 Å². The van der Waals surface area contributed by atoms with Crippen LogP contribution in [0.3, 0.4) is 0 Å². The monoisotopic (exact) mass is 372 g/mol. The summed E-state index contributed by atoms with van der Waals surface area (Å²) in [4.78, 5) is 35.7. The molecule has 0 aliphatic rings. The number of aliphatic carboxylic acids is 1. The molecule has 0 aromatic heterocycles. The standard InChI is InChI=1S/C20H21FN2O4/c1-2-10-22-19(26)14-4-3-5-15(11-14)20(27)23-17(12-18(24)25)13-6-8-16(21)9-7-13/h3-9,11,17H,2,10,12H2,1H3,(H,22,26)(H,23,27)(H,24,25). The van der Waals surface area contributed by atoms with Crippen molar-refractivity contribution in [3.8, 4) is 0 Å². The molecule has 2 aromatic carbocycles. The zero-order valence-corrected chi connectivity index (χ0v) is 14.9. The summed E-state index contributed by atoms with van der Waals surface area (Å²) < 4.78 is 13.1. The third-order valence-corrected chi connectivity index (χ3v) is 3.88. The average molecular weight is 372 g/mol. The lowest BCUT2D eigenvalue weighted by Crippen LogP contribution is -2.30. The van der Waals surface area contributed by atoms with Crippen molar-refractivity contribution in [2.24, 2.45) is 0 Å². The van der Waals surface area contributed by atoms with Gasteiger partial charge in [-0.05, 0) is 42.3 Å². The predicted molar refractivity (Wildman–Crippen MR) is 97.9 cm³/mol. The minimum Gasteiger partial charge on any atom is -0.481 e. The second-order valence-electron chi connectivity index (χ2n) is 6.01. The van der Waals surface area contributed by atoms with Gasteiger partial charge in [0.05, 0.1) is 12.5 Å². The second kappa shape index (κ2) is 9.47. The number of carboxylic acids is 1. The largest absolute Gasteiger partial charge is 0.481 e. The number of carbonyl (C=O) groups is 3. The van der Waals surface area contributed by atoms with Crippen LogP contribution in [-0.2, 0) is 4.79 Å². The van der Waals surface area contributed by atoms with E-state index in [9.17, 15) is 18.8 Å². The lowest BCUT2D eigenvalue weighted by Gasteiger charge is -2.18. The summed E-state index contributed by atoms with van der Waals surface area (Å²) in [6.45, 7) is 2.46. The Morgan fingerprint density at radius 3 is 2.26 bits per heavy atom. The molecular weight excluding hydrogens is 351 g/mol. The molecule has 0 saturated carbocycles. The van der Waals surface area contributed by atoms with Gasteiger partial charge < -0.3 is 15.7 Å². The third kappa shape index (κ3) is 5.91. The summed E-state index contributed by atoms with van der Waals surface area (Å²) in [5.74, 6) is -2.36. The van der Waals surface area contributed by atoms with E-state index in [0.717, 1.165) is 6.42 Å². The van der Waals surface area contributed by atoms with Crippen LogP contribution in [0.2, 0.25) is 0 Å². The predicted octanol–water partition coefficient (Wildman–Crippen LogP) is 2.91. The summed E-state index contributed by atoms with van der Waals surface area (Å²) >= 11 is 0. The number of benzene rings is 2. The van der Waals surface area contributed by atoms with Crippen LogP contribution < -0.4 is 10.6 Å². The number of hydrogen-bond acceptors (Lipinski definition) is 3. The van der Waals surface area contributed by atoms with Gasteiger partial charge in [0.2, 0.25) is 0 Å². The fourth-order valence-corrected chi connectivity index (χ4v) is 2.51. The third-order valence-electron chi connectivity index (χ3n) is 3.88. The molecule has 0 saturated heterocycles. The highest BCUT2D eigenvalue weighted by Crippen LogP contribution is 2.18. The van der Waals surface area contributed by atoms with Gasteiger partial charge in [0.1, 0.15) is 5.82 Å². The number of rotatable bonds is 8. The van der Waals surface area contributed by atoms with E-state index in [1.807, 2.05) is 6.92 Å². The van der Waals surface area contributed by atoms with Crippen LogP contribution in [0.4, 0.5) is 4.39 Å². The Labute approximate surface area is 156 Å². The average Bonchev–Trinajstić information content (AvgIpc) is 2.66. The van der Waals surface area contributed by atoms with E-state index in [-0.39, 0.29) is 17.9 Å². The summed E-state index contributed by atoms with van der Waals surface area (Å²) in [5.41, 5.74) is 1.05. The maximum Gasteiger partial charge on any atom is 0.305 e.